The number of amides is 2. The monoisotopic (exact) mass is 454 g/mol. The second kappa shape index (κ2) is 12.2. The molecule has 2 unspecified atom stereocenters. The Hall–Kier alpha value is -3.87. The highest BCUT2D eigenvalue weighted by Gasteiger charge is 2.34. The lowest BCUT2D eigenvalue weighted by Gasteiger charge is -2.24. The van der Waals surface area contributed by atoms with Crippen LogP contribution in [0.4, 0.5) is 0 Å². The third-order valence-electron chi connectivity index (χ3n) is 4.62. The number of nitrogens with zero attached hydrogens (tertiary/aromatic N) is 1. The first kappa shape index (κ1) is 25.4. The molecule has 9 heteroatoms. The largest absolute Gasteiger partial charge is 0.491 e. The molecule has 0 radical (unpaired) electrons. The smallest absolute Gasteiger partial charge is 0.338 e. The lowest BCUT2D eigenvalue weighted by atomic mass is 10.1. The molecule has 174 valence electrons. The van der Waals surface area contributed by atoms with Gasteiger partial charge in [0.25, 0.3) is 11.8 Å². The van der Waals surface area contributed by atoms with Crippen molar-refractivity contribution in [3.05, 3.63) is 65.2 Å². The SMILES string of the molecule is CNC(=O)C(C(=O)OC)N(C)C(=O)c1ccc(C#Cc2ccc(OCC(O)CO)cc2)cc1. The summed E-state index contributed by atoms with van der Waals surface area (Å²) in [5, 5.41) is 20.4. The van der Waals surface area contributed by atoms with Gasteiger partial charge in [0.1, 0.15) is 18.5 Å². The Morgan fingerprint density at radius 2 is 1.58 bits per heavy atom. The molecule has 2 aromatic rings. The molecule has 0 aliphatic carbocycles. The Bertz CT molecular complexity index is 1010. The number of rotatable bonds is 8. The van der Waals surface area contributed by atoms with Crippen LogP contribution in [0.1, 0.15) is 21.5 Å². The Morgan fingerprint density at radius 1 is 1.03 bits per heavy atom. The predicted octanol–water partition coefficient (Wildman–Crippen LogP) is 0.178. The number of carbonyl (C=O) groups excluding carboxylic acids is 3. The van der Waals surface area contributed by atoms with E-state index in [9.17, 15) is 19.5 Å². The lowest BCUT2D eigenvalue weighted by Crippen LogP contribution is -2.51. The van der Waals surface area contributed by atoms with Crippen molar-refractivity contribution in [1.29, 1.82) is 0 Å². The number of benzene rings is 2. The molecule has 2 atom stereocenters. The number of aliphatic hydroxyl groups is 2. The van der Waals surface area contributed by atoms with Crippen molar-refractivity contribution in [2.24, 2.45) is 0 Å². The molecule has 0 spiro atoms. The fraction of sp³-hybridized carbons (Fsp3) is 0.292. The van der Waals surface area contributed by atoms with Crippen molar-refractivity contribution in [3.63, 3.8) is 0 Å². The van der Waals surface area contributed by atoms with Crippen LogP contribution < -0.4 is 10.1 Å². The van der Waals surface area contributed by atoms with Crippen LogP contribution in [0.3, 0.4) is 0 Å². The summed E-state index contributed by atoms with van der Waals surface area (Å²) in [4.78, 5) is 37.7. The van der Waals surface area contributed by atoms with Crippen LogP contribution in [0.5, 0.6) is 5.75 Å². The minimum Gasteiger partial charge on any atom is -0.491 e. The first-order valence-electron chi connectivity index (χ1n) is 10.0. The number of hydrogen-bond donors (Lipinski definition) is 3. The summed E-state index contributed by atoms with van der Waals surface area (Å²) in [6.07, 6.45) is -0.936. The molecule has 0 fully saturated rings. The van der Waals surface area contributed by atoms with Gasteiger partial charge in [0.2, 0.25) is 6.04 Å². The average Bonchev–Trinajstić information content (AvgIpc) is 2.86. The molecule has 0 aliphatic rings. The zero-order chi connectivity index (χ0) is 24.4. The standard InChI is InChI=1S/C24H26N2O7/c1-25-22(29)21(24(31)32-3)26(2)23(30)18-10-6-16(7-11-18)4-5-17-8-12-20(13-9-17)33-15-19(28)14-27/h6-13,19,21,27-28H,14-15H2,1-3H3,(H,25,29). The molecule has 9 nitrogen and oxygen atoms in total. The second-order valence-electron chi connectivity index (χ2n) is 6.96. The van der Waals surface area contributed by atoms with Gasteiger partial charge in [-0.05, 0) is 48.5 Å². The van der Waals surface area contributed by atoms with Gasteiger partial charge in [0.05, 0.1) is 13.7 Å². The summed E-state index contributed by atoms with van der Waals surface area (Å²) < 4.78 is 9.97. The molecule has 0 aliphatic heterocycles. The van der Waals surface area contributed by atoms with E-state index in [1.165, 1.54) is 14.1 Å². The van der Waals surface area contributed by atoms with Crippen molar-refractivity contribution in [2.45, 2.75) is 12.1 Å². The number of aliphatic hydroxyl groups excluding tert-OH is 2. The summed E-state index contributed by atoms with van der Waals surface area (Å²) in [5.74, 6) is 4.51. The van der Waals surface area contributed by atoms with Crippen LogP contribution in [0.25, 0.3) is 0 Å². The van der Waals surface area contributed by atoms with Gasteiger partial charge in [0, 0.05) is 30.8 Å². The number of likely N-dealkylation sites (N-methyl/N-ethyl adjacent to an activating group) is 2. The lowest BCUT2D eigenvalue weighted by molar-refractivity contribution is -0.150. The van der Waals surface area contributed by atoms with E-state index in [4.69, 9.17) is 9.84 Å². The highest BCUT2D eigenvalue weighted by Crippen LogP contribution is 2.13. The minimum atomic E-state index is -1.40. The van der Waals surface area contributed by atoms with E-state index in [0.717, 1.165) is 17.6 Å². The number of esters is 1. The Balaban J connectivity index is 2.07. The highest BCUT2D eigenvalue weighted by molar-refractivity contribution is 6.07. The van der Waals surface area contributed by atoms with Gasteiger partial charge in [-0.1, -0.05) is 11.8 Å². The molecule has 0 aromatic heterocycles. The van der Waals surface area contributed by atoms with E-state index in [-0.39, 0.29) is 18.8 Å². The van der Waals surface area contributed by atoms with Crippen molar-refractivity contribution in [2.75, 3.05) is 34.4 Å². The van der Waals surface area contributed by atoms with Crippen molar-refractivity contribution >= 4 is 17.8 Å². The summed E-state index contributed by atoms with van der Waals surface area (Å²) in [5.41, 5.74) is 1.68. The topological polar surface area (TPSA) is 125 Å². The summed E-state index contributed by atoms with van der Waals surface area (Å²) in [7, 11) is 3.86. The molecule has 0 bridgehead atoms. The van der Waals surface area contributed by atoms with Crippen LogP contribution >= 0.6 is 0 Å². The predicted molar refractivity (Wildman–Crippen MR) is 119 cm³/mol. The molecule has 33 heavy (non-hydrogen) atoms. The average molecular weight is 454 g/mol. The molecule has 0 saturated heterocycles. The van der Waals surface area contributed by atoms with Gasteiger partial charge in [0.15, 0.2) is 0 Å². The highest BCUT2D eigenvalue weighted by atomic mass is 16.5. The fourth-order valence-electron chi connectivity index (χ4n) is 2.73. The van der Waals surface area contributed by atoms with Gasteiger partial charge >= 0.3 is 5.97 Å². The maximum atomic E-state index is 12.7. The molecule has 2 aromatic carbocycles. The van der Waals surface area contributed by atoms with Gasteiger partial charge in [-0.25, -0.2) is 4.79 Å². The Labute approximate surface area is 191 Å². The maximum Gasteiger partial charge on any atom is 0.338 e. The van der Waals surface area contributed by atoms with E-state index in [1.54, 1.807) is 48.5 Å². The first-order valence-corrected chi connectivity index (χ1v) is 10.0. The van der Waals surface area contributed by atoms with Crippen LogP contribution in [0.2, 0.25) is 0 Å². The van der Waals surface area contributed by atoms with E-state index in [1.807, 2.05) is 0 Å². The van der Waals surface area contributed by atoms with Gasteiger partial charge in [-0.2, -0.15) is 0 Å². The molecule has 0 heterocycles. The van der Waals surface area contributed by atoms with E-state index < -0.39 is 29.9 Å². The fourth-order valence-corrected chi connectivity index (χ4v) is 2.73. The molecule has 0 saturated carbocycles. The number of methoxy groups -OCH3 is 1. The molecule has 2 rings (SSSR count). The number of ether oxygens (including phenoxy) is 2. The number of nitrogens with one attached hydrogen (secondary N) is 1. The van der Waals surface area contributed by atoms with Crippen LogP contribution in [-0.4, -0.2) is 79.5 Å². The molecular formula is C24H26N2O7. The van der Waals surface area contributed by atoms with Crippen molar-refractivity contribution in [1.82, 2.24) is 10.2 Å². The molecule has 2 amide bonds. The molecule has 3 N–H and O–H groups in total. The van der Waals surface area contributed by atoms with Gasteiger partial charge < -0.3 is 29.9 Å². The van der Waals surface area contributed by atoms with Gasteiger partial charge in [-0.3, -0.25) is 9.59 Å². The quantitative estimate of drug-likeness (QED) is 0.295. The summed E-state index contributed by atoms with van der Waals surface area (Å²) in [6.45, 7) is -0.380. The summed E-state index contributed by atoms with van der Waals surface area (Å²) >= 11 is 0. The number of hydrogen-bond acceptors (Lipinski definition) is 7. The third kappa shape index (κ3) is 7.07. The Morgan fingerprint density at radius 3 is 2.06 bits per heavy atom. The van der Waals surface area contributed by atoms with Crippen molar-refractivity contribution in [3.8, 4) is 17.6 Å². The summed E-state index contributed by atoms with van der Waals surface area (Å²) in [6, 6.07) is 12.0. The van der Waals surface area contributed by atoms with Crippen molar-refractivity contribution < 1.29 is 34.1 Å². The minimum absolute atomic E-state index is 0.00866. The van der Waals surface area contributed by atoms with Crippen LogP contribution in [-0.2, 0) is 14.3 Å². The first-order chi connectivity index (χ1) is 15.8. The maximum absolute atomic E-state index is 12.7. The van der Waals surface area contributed by atoms with Crippen LogP contribution in [0.15, 0.2) is 48.5 Å². The molecular weight excluding hydrogens is 428 g/mol. The van der Waals surface area contributed by atoms with Crippen LogP contribution in [0, 0.1) is 11.8 Å². The normalized spacial score (nSPS) is 11.9. The van der Waals surface area contributed by atoms with E-state index >= 15 is 0 Å². The zero-order valence-corrected chi connectivity index (χ0v) is 18.6. The van der Waals surface area contributed by atoms with Gasteiger partial charge in [-0.15, -0.1) is 0 Å². The third-order valence-corrected chi connectivity index (χ3v) is 4.62. The van der Waals surface area contributed by atoms with E-state index in [2.05, 4.69) is 21.9 Å². The Kier molecular flexibility index (Phi) is 9.42. The van der Waals surface area contributed by atoms with E-state index in [0.29, 0.717) is 11.3 Å². The second-order valence-corrected chi connectivity index (χ2v) is 6.96. The number of carbonyl (C=O) groups is 3. The zero-order valence-electron chi connectivity index (χ0n) is 18.6.